The molecular formula is C13H22. The monoisotopic (exact) mass is 178 g/mol. The quantitative estimate of drug-likeness (QED) is 0.556. The fraction of sp³-hybridized carbons (Fsp3) is 0.538. The number of rotatable bonds is 4. The first-order valence-corrected chi connectivity index (χ1v) is 5.01. The third-order valence-electron chi connectivity index (χ3n) is 1.72. The van der Waals surface area contributed by atoms with Gasteiger partial charge in [-0.2, -0.15) is 0 Å². The number of hydrogen-bond acceptors (Lipinski definition) is 0. The molecule has 0 aromatic rings. The Balaban J connectivity index is 3.53. The van der Waals surface area contributed by atoms with E-state index in [4.69, 9.17) is 0 Å². The van der Waals surface area contributed by atoms with Gasteiger partial charge < -0.3 is 0 Å². The summed E-state index contributed by atoms with van der Waals surface area (Å²) in [6, 6.07) is 0. The van der Waals surface area contributed by atoms with Crippen molar-refractivity contribution in [1.82, 2.24) is 0 Å². The average Bonchev–Trinajstić information content (AvgIpc) is 2.01. The lowest BCUT2D eigenvalue weighted by Gasteiger charge is -2.15. The zero-order valence-corrected chi connectivity index (χ0v) is 9.38. The molecule has 0 spiro atoms. The summed E-state index contributed by atoms with van der Waals surface area (Å²) < 4.78 is 0. The Bertz CT molecular complexity index is 187. The summed E-state index contributed by atoms with van der Waals surface area (Å²) in [5.41, 5.74) is 0.456. The van der Waals surface area contributed by atoms with Crippen molar-refractivity contribution in [2.24, 2.45) is 5.41 Å². The summed E-state index contributed by atoms with van der Waals surface area (Å²) in [4.78, 5) is 0. The van der Waals surface area contributed by atoms with Gasteiger partial charge in [0, 0.05) is 0 Å². The Hall–Kier alpha value is -0.780. The number of hydrogen-bond donors (Lipinski definition) is 0. The summed E-state index contributed by atoms with van der Waals surface area (Å²) >= 11 is 0. The molecule has 0 bridgehead atoms. The van der Waals surface area contributed by atoms with Crippen molar-refractivity contribution in [3.05, 3.63) is 36.5 Å². The third kappa shape index (κ3) is 11.2. The van der Waals surface area contributed by atoms with E-state index in [2.05, 4.69) is 39.0 Å². The minimum absolute atomic E-state index is 0.456. The van der Waals surface area contributed by atoms with E-state index in [1.165, 1.54) is 12.8 Å². The van der Waals surface area contributed by atoms with Gasteiger partial charge >= 0.3 is 0 Å². The molecule has 0 fully saturated rings. The molecule has 0 aliphatic rings. The average molecular weight is 178 g/mol. The van der Waals surface area contributed by atoms with Gasteiger partial charge in [-0.1, -0.05) is 57.2 Å². The van der Waals surface area contributed by atoms with Gasteiger partial charge in [-0.15, -0.1) is 0 Å². The molecule has 13 heavy (non-hydrogen) atoms. The van der Waals surface area contributed by atoms with Gasteiger partial charge in [0.1, 0.15) is 0 Å². The van der Waals surface area contributed by atoms with Crippen LogP contribution in [0.25, 0.3) is 0 Å². The van der Waals surface area contributed by atoms with E-state index in [1.807, 2.05) is 25.2 Å². The van der Waals surface area contributed by atoms with Crippen molar-refractivity contribution in [3.63, 3.8) is 0 Å². The first-order chi connectivity index (χ1) is 6.06. The maximum atomic E-state index is 2.27. The minimum atomic E-state index is 0.456. The van der Waals surface area contributed by atoms with E-state index in [1.54, 1.807) is 0 Å². The van der Waals surface area contributed by atoms with Crippen LogP contribution >= 0.6 is 0 Å². The summed E-state index contributed by atoms with van der Waals surface area (Å²) in [5.74, 6) is 0. The zero-order valence-electron chi connectivity index (χ0n) is 9.38. The molecule has 0 saturated heterocycles. The normalized spacial score (nSPS) is 13.8. The topological polar surface area (TPSA) is 0 Å². The first kappa shape index (κ1) is 12.2. The van der Waals surface area contributed by atoms with E-state index >= 15 is 0 Å². The van der Waals surface area contributed by atoms with E-state index in [0.717, 1.165) is 0 Å². The fourth-order valence-corrected chi connectivity index (χ4v) is 0.931. The lowest BCUT2D eigenvalue weighted by molar-refractivity contribution is 0.381. The molecule has 0 N–H and O–H groups in total. The van der Waals surface area contributed by atoms with E-state index < -0.39 is 0 Å². The van der Waals surface area contributed by atoms with E-state index in [-0.39, 0.29) is 0 Å². The highest BCUT2D eigenvalue weighted by molar-refractivity contribution is 5.10. The minimum Gasteiger partial charge on any atom is -0.0877 e. The molecule has 0 unspecified atom stereocenters. The van der Waals surface area contributed by atoms with Crippen molar-refractivity contribution in [2.75, 3.05) is 0 Å². The zero-order chi connectivity index (χ0) is 10.2. The molecule has 0 aromatic carbocycles. The van der Waals surface area contributed by atoms with Crippen LogP contribution < -0.4 is 0 Å². The second-order valence-corrected chi connectivity index (χ2v) is 4.44. The maximum Gasteiger partial charge on any atom is -0.0343 e. The molecule has 0 nitrogen and oxygen atoms in total. The Labute approximate surface area is 83.0 Å². The molecule has 0 aromatic heterocycles. The highest BCUT2D eigenvalue weighted by Crippen LogP contribution is 2.20. The van der Waals surface area contributed by atoms with Crippen molar-refractivity contribution >= 4 is 0 Å². The Morgan fingerprint density at radius 2 is 1.54 bits per heavy atom. The molecule has 0 radical (unpaired) electrons. The lowest BCUT2D eigenvalue weighted by Crippen LogP contribution is -2.02. The van der Waals surface area contributed by atoms with Crippen LogP contribution in [0.15, 0.2) is 36.5 Å². The van der Waals surface area contributed by atoms with Crippen LogP contribution in [0.5, 0.6) is 0 Å². The second-order valence-electron chi connectivity index (χ2n) is 4.44. The molecule has 0 amide bonds. The van der Waals surface area contributed by atoms with Crippen molar-refractivity contribution in [2.45, 2.75) is 40.5 Å². The van der Waals surface area contributed by atoms with Gasteiger partial charge in [-0.25, -0.2) is 0 Å². The van der Waals surface area contributed by atoms with Gasteiger partial charge in [-0.3, -0.25) is 0 Å². The van der Waals surface area contributed by atoms with Crippen LogP contribution in [0.4, 0.5) is 0 Å². The predicted molar refractivity (Wildman–Crippen MR) is 61.8 cm³/mol. The maximum absolute atomic E-state index is 2.27. The fourth-order valence-electron chi connectivity index (χ4n) is 0.931. The molecule has 0 heteroatoms. The predicted octanol–water partition coefficient (Wildman–Crippen LogP) is 4.50. The molecule has 0 atom stereocenters. The Morgan fingerprint density at radius 1 is 0.923 bits per heavy atom. The van der Waals surface area contributed by atoms with Crippen molar-refractivity contribution < 1.29 is 0 Å². The molecule has 0 saturated carbocycles. The summed E-state index contributed by atoms with van der Waals surface area (Å²) in [6.07, 6.45) is 14.9. The molecule has 0 aliphatic heterocycles. The molecule has 0 aliphatic carbocycles. The largest absolute Gasteiger partial charge is 0.0877 e. The van der Waals surface area contributed by atoms with Gasteiger partial charge in [0.15, 0.2) is 0 Å². The summed E-state index contributed by atoms with van der Waals surface area (Å²) in [6.45, 7) is 8.84. The number of allylic oxidation sites excluding steroid dienone is 6. The van der Waals surface area contributed by atoms with Crippen LogP contribution in [0.3, 0.4) is 0 Å². The highest BCUT2D eigenvalue weighted by atomic mass is 14.1. The van der Waals surface area contributed by atoms with Crippen LogP contribution in [0.2, 0.25) is 0 Å². The van der Waals surface area contributed by atoms with E-state index in [0.29, 0.717) is 5.41 Å². The van der Waals surface area contributed by atoms with Gasteiger partial charge in [0.25, 0.3) is 0 Å². The third-order valence-corrected chi connectivity index (χ3v) is 1.72. The van der Waals surface area contributed by atoms with Gasteiger partial charge in [0.05, 0.1) is 0 Å². The van der Waals surface area contributed by atoms with Crippen LogP contribution in [-0.2, 0) is 0 Å². The van der Waals surface area contributed by atoms with E-state index in [9.17, 15) is 0 Å². The molecular weight excluding hydrogens is 156 g/mol. The molecule has 74 valence electrons. The second kappa shape index (κ2) is 6.71. The SMILES string of the molecule is C\C=C/C=C\C=C\CCC(C)(C)C. The standard InChI is InChI=1S/C13H22/c1-5-6-7-8-9-10-11-12-13(2,3)4/h5-10H,11-12H2,1-4H3/b6-5-,8-7-,10-9+. The smallest absolute Gasteiger partial charge is 0.0343 e. The Morgan fingerprint density at radius 3 is 2.08 bits per heavy atom. The summed E-state index contributed by atoms with van der Waals surface area (Å²) in [7, 11) is 0. The van der Waals surface area contributed by atoms with Crippen LogP contribution in [-0.4, -0.2) is 0 Å². The molecule has 0 heterocycles. The van der Waals surface area contributed by atoms with Crippen molar-refractivity contribution in [1.29, 1.82) is 0 Å². The van der Waals surface area contributed by atoms with Gasteiger partial charge in [0.2, 0.25) is 0 Å². The highest BCUT2D eigenvalue weighted by Gasteiger charge is 2.06. The van der Waals surface area contributed by atoms with Crippen LogP contribution in [0.1, 0.15) is 40.5 Å². The summed E-state index contributed by atoms with van der Waals surface area (Å²) in [5, 5.41) is 0. The van der Waals surface area contributed by atoms with Crippen LogP contribution in [0, 0.1) is 5.41 Å². The first-order valence-electron chi connectivity index (χ1n) is 5.01. The van der Waals surface area contributed by atoms with Crippen molar-refractivity contribution in [3.8, 4) is 0 Å². The Kier molecular flexibility index (Phi) is 6.30. The lowest BCUT2D eigenvalue weighted by atomic mass is 9.90. The molecule has 0 rings (SSSR count). The van der Waals surface area contributed by atoms with Gasteiger partial charge in [-0.05, 0) is 25.2 Å².